The van der Waals surface area contributed by atoms with Crippen molar-refractivity contribution in [3.05, 3.63) is 42.5 Å². The van der Waals surface area contributed by atoms with E-state index in [1.54, 1.807) is 12.2 Å². The van der Waals surface area contributed by atoms with E-state index in [-0.39, 0.29) is 17.2 Å². The van der Waals surface area contributed by atoms with Crippen LogP contribution in [0.25, 0.3) is 0 Å². The zero-order chi connectivity index (χ0) is 11.4. The fourth-order valence-corrected chi connectivity index (χ4v) is 1.42. The highest BCUT2D eigenvalue weighted by Crippen LogP contribution is 2.38. The van der Waals surface area contributed by atoms with Gasteiger partial charge in [0, 0.05) is 17.2 Å². The summed E-state index contributed by atoms with van der Waals surface area (Å²) in [6.45, 7) is 7.06. The predicted molar refractivity (Wildman–Crippen MR) is 59.2 cm³/mol. The van der Waals surface area contributed by atoms with Gasteiger partial charge in [-0.3, -0.25) is 0 Å². The second-order valence-electron chi connectivity index (χ2n) is 3.21. The minimum absolute atomic E-state index is 0.0905. The lowest BCUT2D eigenvalue weighted by Crippen LogP contribution is -1.91. The van der Waals surface area contributed by atoms with Crippen LogP contribution in [0, 0.1) is 0 Å². The lowest BCUT2D eigenvalue weighted by Gasteiger charge is -2.11. The van der Waals surface area contributed by atoms with Crippen molar-refractivity contribution >= 4 is 0 Å². The molecule has 0 saturated carbocycles. The minimum Gasteiger partial charge on any atom is -0.507 e. The third kappa shape index (κ3) is 2.13. The number of phenols is 3. The number of phenolic OH excluding ortho intramolecular Hbond substituents is 3. The Morgan fingerprint density at radius 3 is 1.67 bits per heavy atom. The van der Waals surface area contributed by atoms with E-state index in [1.165, 1.54) is 6.07 Å². The van der Waals surface area contributed by atoms with Crippen molar-refractivity contribution in [3.63, 3.8) is 0 Å². The molecule has 0 aliphatic carbocycles. The Balaban J connectivity index is 3.33. The van der Waals surface area contributed by atoms with Crippen molar-refractivity contribution in [3.8, 4) is 17.2 Å². The van der Waals surface area contributed by atoms with Gasteiger partial charge in [0.25, 0.3) is 0 Å². The second kappa shape index (κ2) is 4.55. The topological polar surface area (TPSA) is 60.7 Å². The quantitative estimate of drug-likeness (QED) is 0.662. The van der Waals surface area contributed by atoms with Crippen LogP contribution in [0.3, 0.4) is 0 Å². The van der Waals surface area contributed by atoms with Crippen LogP contribution in [0.4, 0.5) is 0 Å². The molecule has 80 valence electrons. The SMILES string of the molecule is C=CCc1c(O)cc(O)c(CC=C)c1O. The third-order valence-electron chi connectivity index (χ3n) is 2.16. The first-order valence-corrected chi connectivity index (χ1v) is 4.59. The molecule has 0 bridgehead atoms. The van der Waals surface area contributed by atoms with E-state index in [2.05, 4.69) is 13.2 Å². The molecular weight excluding hydrogens is 192 g/mol. The minimum atomic E-state index is -0.127. The molecule has 0 unspecified atom stereocenters. The van der Waals surface area contributed by atoms with Crippen molar-refractivity contribution in [2.45, 2.75) is 12.8 Å². The molecule has 0 saturated heterocycles. The summed E-state index contributed by atoms with van der Waals surface area (Å²) < 4.78 is 0. The Labute approximate surface area is 88.6 Å². The van der Waals surface area contributed by atoms with E-state index in [9.17, 15) is 15.3 Å². The Kier molecular flexibility index (Phi) is 3.39. The number of rotatable bonds is 4. The third-order valence-corrected chi connectivity index (χ3v) is 2.16. The summed E-state index contributed by atoms with van der Waals surface area (Å²) in [5, 5.41) is 28.8. The molecule has 1 aromatic carbocycles. The van der Waals surface area contributed by atoms with Crippen molar-refractivity contribution in [2.24, 2.45) is 0 Å². The molecule has 3 nitrogen and oxygen atoms in total. The first-order valence-electron chi connectivity index (χ1n) is 4.59. The smallest absolute Gasteiger partial charge is 0.129 e. The molecule has 0 aliphatic rings. The fraction of sp³-hybridized carbons (Fsp3) is 0.167. The van der Waals surface area contributed by atoms with Crippen molar-refractivity contribution in [1.82, 2.24) is 0 Å². The van der Waals surface area contributed by atoms with Crippen LogP contribution >= 0.6 is 0 Å². The number of hydrogen-bond donors (Lipinski definition) is 3. The maximum Gasteiger partial charge on any atom is 0.129 e. The van der Waals surface area contributed by atoms with E-state index < -0.39 is 0 Å². The maximum atomic E-state index is 9.80. The van der Waals surface area contributed by atoms with Crippen molar-refractivity contribution < 1.29 is 15.3 Å². The van der Waals surface area contributed by atoms with E-state index in [0.717, 1.165) is 0 Å². The highest BCUT2D eigenvalue weighted by molar-refractivity contribution is 5.56. The molecule has 1 rings (SSSR count). The largest absolute Gasteiger partial charge is 0.507 e. The van der Waals surface area contributed by atoms with Gasteiger partial charge in [0.05, 0.1) is 0 Å². The number of allylic oxidation sites excluding steroid dienone is 2. The molecule has 0 spiro atoms. The molecule has 0 fully saturated rings. The average molecular weight is 206 g/mol. The predicted octanol–water partition coefficient (Wildman–Crippen LogP) is 2.26. The van der Waals surface area contributed by atoms with Crippen LogP contribution in [0.15, 0.2) is 31.4 Å². The van der Waals surface area contributed by atoms with Gasteiger partial charge in [-0.05, 0) is 12.8 Å². The molecule has 0 amide bonds. The van der Waals surface area contributed by atoms with E-state index in [1.807, 2.05) is 0 Å². The molecule has 0 heterocycles. The fourth-order valence-electron chi connectivity index (χ4n) is 1.42. The molecule has 3 heteroatoms. The van der Waals surface area contributed by atoms with Gasteiger partial charge in [-0.25, -0.2) is 0 Å². The molecule has 0 atom stereocenters. The summed E-state index contributed by atoms with van der Waals surface area (Å²) in [7, 11) is 0. The van der Waals surface area contributed by atoms with E-state index >= 15 is 0 Å². The summed E-state index contributed by atoms with van der Waals surface area (Å²) in [6.07, 6.45) is 3.84. The Morgan fingerprint density at radius 1 is 0.933 bits per heavy atom. The van der Waals surface area contributed by atoms with E-state index in [4.69, 9.17) is 0 Å². The molecular formula is C12H14O3. The van der Waals surface area contributed by atoms with Crippen molar-refractivity contribution in [1.29, 1.82) is 0 Å². The van der Waals surface area contributed by atoms with Gasteiger partial charge in [0.15, 0.2) is 0 Å². The zero-order valence-corrected chi connectivity index (χ0v) is 8.40. The number of aromatic hydroxyl groups is 3. The summed E-state index contributed by atoms with van der Waals surface area (Å²) in [6, 6.07) is 1.22. The van der Waals surface area contributed by atoms with Gasteiger partial charge in [-0.15, -0.1) is 13.2 Å². The lowest BCUT2D eigenvalue weighted by atomic mass is 10.0. The van der Waals surface area contributed by atoms with Gasteiger partial charge in [0.2, 0.25) is 0 Å². The molecule has 3 N–H and O–H groups in total. The van der Waals surface area contributed by atoms with Crippen LogP contribution in [0.5, 0.6) is 17.2 Å². The van der Waals surface area contributed by atoms with Crippen LogP contribution in [-0.2, 0) is 12.8 Å². The summed E-state index contributed by atoms with van der Waals surface area (Å²) in [5.41, 5.74) is 0.749. The van der Waals surface area contributed by atoms with Crippen LogP contribution in [0.1, 0.15) is 11.1 Å². The van der Waals surface area contributed by atoms with Crippen LogP contribution in [-0.4, -0.2) is 15.3 Å². The molecule has 1 aromatic rings. The van der Waals surface area contributed by atoms with Gasteiger partial charge in [0.1, 0.15) is 17.2 Å². The van der Waals surface area contributed by atoms with Crippen LogP contribution in [0.2, 0.25) is 0 Å². The number of benzene rings is 1. The first kappa shape index (κ1) is 11.2. The Hall–Kier alpha value is -1.90. The summed E-state index contributed by atoms with van der Waals surface area (Å²) in [5.74, 6) is -0.345. The monoisotopic (exact) mass is 206 g/mol. The number of hydrogen-bond acceptors (Lipinski definition) is 3. The van der Waals surface area contributed by atoms with Gasteiger partial charge in [-0.1, -0.05) is 12.2 Å². The molecule has 0 aromatic heterocycles. The zero-order valence-electron chi connectivity index (χ0n) is 8.40. The first-order chi connectivity index (χ1) is 7.11. The Bertz CT molecular complexity index is 360. The second-order valence-corrected chi connectivity index (χ2v) is 3.21. The van der Waals surface area contributed by atoms with Gasteiger partial charge in [-0.2, -0.15) is 0 Å². The van der Waals surface area contributed by atoms with Gasteiger partial charge < -0.3 is 15.3 Å². The summed E-state index contributed by atoms with van der Waals surface area (Å²) >= 11 is 0. The normalized spacial score (nSPS) is 9.87. The van der Waals surface area contributed by atoms with Crippen molar-refractivity contribution in [2.75, 3.05) is 0 Å². The maximum absolute atomic E-state index is 9.80. The standard InChI is InChI=1S/C12H14O3/c1-3-5-8-10(13)7-11(14)9(6-4-2)12(8)15/h3-4,7,13-15H,1-2,5-6H2. The molecule has 15 heavy (non-hydrogen) atoms. The van der Waals surface area contributed by atoms with Gasteiger partial charge >= 0.3 is 0 Å². The molecule has 0 aliphatic heterocycles. The lowest BCUT2D eigenvalue weighted by molar-refractivity contribution is 0.414. The van der Waals surface area contributed by atoms with E-state index in [0.29, 0.717) is 24.0 Å². The highest BCUT2D eigenvalue weighted by Gasteiger charge is 2.14. The average Bonchev–Trinajstić information content (AvgIpc) is 2.19. The molecule has 0 radical (unpaired) electrons. The van der Waals surface area contributed by atoms with Crippen LogP contribution < -0.4 is 0 Å². The Morgan fingerprint density at radius 2 is 1.33 bits per heavy atom. The highest BCUT2D eigenvalue weighted by atomic mass is 16.3. The summed E-state index contributed by atoms with van der Waals surface area (Å²) in [4.78, 5) is 0.